The second-order valence-corrected chi connectivity index (χ2v) is 14.5. The van der Waals surface area contributed by atoms with Crippen LogP contribution in [0.3, 0.4) is 0 Å². The molecule has 284 valence electrons. The van der Waals surface area contributed by atoms with E-state index >= 15 is 4.39 Å². The number of esters is 4. The zero-order chi connectivity index (χ0) is 38.2. The molecule has 0 aliphatic carbocycles. The van der Waals surface area contributed by atoms with Crippen molar-refractivity contribution in [3.63, 3.8) is 0 Å². The number of nitrogens with zero attached hydrogens (tertiary/aromatic N) is 2. The van der Waals surface area contributed by atoms with Gasteiger partial charge in [0.2, 0.25) is 13.6 Å². The fraction of sp³-hybridized carbons (Fsp3) is 0.710. The highest BCUT2D eigenvalue weighted by atomic mass is 31.2. The predicted molar refractivity (Wildman–Crippen MR) is 169 cm³/mol. The topological polar surface area (TPSA) is 203 Å². The van der Waals surface area contributed by atoms with Crippen molar-refractivity contribution in [3.8, 4) is 0 Å². The number of carbonyl (C=O) groups excluding carboxylic acids is 5. The van der Waals surface area contributed by atoms with Gasteiger partial charge in [0, 0.05) is 19.2 Å². The lowest BCUT2D eigenvalue weighted by molar-refractivity contribution is -0.175. The number of aliphatic hydroxyl groups is 1. The van der Waals surface area contributed by atoms with Crippen molar-refractivity contribution in [1.29, 1.82) is 0 Å². The quantitative estimate of drug-likeness (QED) is 0.0929. The summed E-state index contributed by atoms with van der Waals surface area (Å²) in [5, 5.41) is 11.8. The van der Waals surface area contributed by atoms with Gasteiger partial charge in [0.25, 0.3) is 5.91 Å². The minimum atomic E-state index is -4.89. The van der Waals surface area contributed by atoms with Gasteiger partial charge in [-0.2, -0.15) is 0 Å². The van der Waals surface area contributed by atoms with Crippen LogP contribution in [0.5, 0.6) is 0 Å². The Morgan fingerprint density at radius 1 is 0.980 bits per heavy atom. The smallest absolute Gasteiger partial charge is 0.456 e. The maximum Gasteiger partial charge on any atom is 0.480 e. The fourth-order valence-corrected chi connectivity index (χ4v) is 5.41. The molecule has 19 heteroatoms. The minimum Gasteiger partial charge on any atom is -0.456 e. The summed E-state index contributed by atoms with van der Waals surface area (Å²) in [6, 6.07) is 0. The molecule has 2 rings (SSSR count). The van der Waals surface area contributed by atoms with Gasteiger partial charge in [-0.3, -0.25) is 33.4 Å². The zero-order valence-electron chi connectivity index (χ0n) is 29.7. The molecule has 0 aromatic rings. The molecule has 0 aromatic heterocycles. The molecule has 2 aliphatic heterocycles. The van der Waals surface area contributed by atoms with Gasteiger partial charge in [0.15, 0.2) is 24.7 Å². The van der Waals surface area contributed by atoms with Gasteiger partial charge in [-0.05, 0) is 12.8 Å². The van der Waals surface area contributed by atoms with E-state index in [9.17, 15) is 33.6 Å². The summed E-state index contributed by atoms with van der Waals surface area (Å²) >= 11 is 0. The van der Waals surface area contributed by atoms with Crippen molar-refractivity contribution < 1.29 is 75.3 Å². The lowest BCUT2D eigenvalue weighted by atomic mass is 9.88. The van der Waals surface area contributed by atoms with Crippen molar-refractivity contribution in [2.45, 2.75) is 85.8 Å². The number of carbonyl (C=O) groups is 5. The number of halogens is 1. The zero-order valence-corrected chi connectivity index (χ0v) is 30.6. The normalized spacial score (nSPS) is 24.6. The highest BCUT2D eigenvalue weighted by molar-refractivity contribution is 7.48. The molecule has 0 bridgehead atoms. The van der Waals surface area contributed by atoms with Crippen molar-refractivity contribution in [2.24, 2.45) is 23.7 Å². The first-order chi connectivity index (χ1) is 23.1. The Morgan fingerprint density at radius 3 is 1.98 bits per heavy atom. The van der Waals surface area contributed by atoms with Crippen LogP contribution < -0.4 is 0 Å². The molecule has 0 saturated carbocycles. The number of phosphoric acid groups is 1. The van der Waals surface area contributed by atoms with E-state index in [4.69, 9.17) is 37.3 Å². The third kappa shape index (κ3) is 10.6. The van der Waals surface area contributed by atoms with Crippen LogP contribution >= 0.6 is 7.82 Å². The first-order valence-electron chi connectivity index (χ1n) is 15.8. The SMILES string of the molecule is C=C1N(COC(=O)C(C)C(C)C)C(=O)C=CN1[C@@H]1O[C@](CF)(COP(=O)(OCOC(=O)C(C)C)OCOC(=O)C(C)C)[C@@H](OC(C)=O)[C@@]1(C)O. The Hall–Kier alpha value is -3.41. The maximum atomic E-state index is 15.2. The van der Waals surface area contributed by atoms with Crippen LogP contribution in [0, 0.1) is 23.7 Å². The second kappa shape index (κ2) is 17.7. The Kier molecular flexibility index (Phi) is 15.1. The maximum absolute atomic E-state index is 15.2. The average Bonchev–Trinajstić information content (AvgIpc) is 3.24. The third-order valence-electron chi connectivity index (χ3n) is 7.81. The highest BCUT2D eigenvalue weighted by Crippen LogP contribution is 2.52. The summed E-state index contributed by atoms with van der Waals surface area (Å²) in [6.07, 6.45) is -1.31. The number of amides is 1. The molecular formula is C31H48FN2O15P. The van der Waals surface area contributed by atoms with E-state index in [1.807, 2.05) is 13.8 Å². The second-order valence-electron chi connectivity index (χ2n) is 12.9. The molecule has 50 heavy (non-hydrogen) atoms. The predicted octanol–water partition coefficient (Wildman–Crippen LogP) is 3.13. The third-order valence-corrected chi connectivity index (χ3v) is 9.10. The van der Waals surface area contributed by atoms with Crippen LogP contribution in [-0.2, 0) is 65.8 Å². The van der Waals surface area contributed by atoms with Crippen LogP contribution in [0.25, 0.3) is 0 Å². The molecule has 2 heterocycles. The van der Waals surface area contributed by atoms with E-state index in [-0.39, 0.29) is 11.7 Å². The molecule has 0 aromatic carbocycles. The Morgan fingerprint density at radius 2 is 1.52 bits per heavy atom. The molecule has 1 N–H and O–H groups in total. The molecule has 1 fully saturated rings. The van der Waals surface area contributed by atoms with Gasteiger partial charge in [-0.1, -0.05) is 55.0 Å². The summed E-state index contributed by atoms with van der Waals surface area (Å²) in [4.78, 5) is 63.4. The molecule has 2 aliphatic rings. The highest BCUT2D eigenvalue weighted by Gasteiger charge is 2.66. The van der Waals surface area contributed by atoms with Crippen LogP contribution in [0.4, 0.5) is 4.39 Å². The molecular weight excluding hydrogens is 690 g/mol. The number of hydrogen-bond donors (Lipinski definition) is 1. The molecule has 0 radical (unpaired) electrons. The van der Waals surface area contributed by atoms with Crippen molar-refractivity contribution in [3.05, 3.63) is 24.7 Å². The van der Waals surface area contributed by atoms with Crippen molar-refractivity contribution in [1.82, 2.24) is 9.80 Å². The van der Waals surface area contributed by atoms with Crippen LogP contribution in [0.1, 0.15) is 62.3 Å². The molecule has 1 unspecified atom stereocenters. The number of hydrogen-bond acceptors (Lipinski definition) is 16. The van der Waals surface area contributed by atoms with E-state index < -0.39 is 112 Å². The summed E-state index contributed by atoms with van der Waals surface area (Å²) in [7, 11) is -4.89. The van der Waals surface area contributed by atoms with E-state index in [2.05, 4.69) is 6.58 Å². The average molecular weight is 739 g/mol. The fourth-order valence-electron chi connectivity index (χ4n) is 4.45. The summed E-state index contributed by atoms with van der Waals surface area (Å²) in [5.41, 5.74) is -4.72. The Labute approximate surface area is 290 Å². The lowest BCUT2D eigenvalue weighted by Crippen LogP contribution is -2.57. The standard InChI is InChI=1S/C31H48FN2O15P/c1-18(2)21(7)27(39)42-15-34-22(8)33(12-11-24(34)36)29-30(10,40)28(48-23(9)35)31(13-32,49-29)14-45-50(41,46-16-43-25(37)19(3)4)47-17-44-26(38)20(5)6/h11-12,18-21,28-29,40H,8,13-17H2,1-7,9-10H3/t21?,28-,29+,30+,31+/m0/s1. The van der Waals surface area contributed by atoms with Crippen molar-refractivity contribution >= 4 is 37.6 Å². The number of rotatable bonds is 18. The van der Waals surface area contributed by atoms with Gasteiger partial charge < -0.3 is 33.7 Å². The first kappa shape index (κ1) is 42.8. The molecule has 17 nitrogen and oxygen atoms in total. The minimum absolute atomic E-state index is 0.0494. The van der Waals surface area contributed by atoms with Gasteiger partial charge in [-0.25, -0.2) is 18.0 Å². The lowest BCUT2D eigenvalue weighted by Gasteiger charge is -2.41. The summed E-state index contributed by atoms with van der Waals surface area (Å²) in [5.74, 6) is -5.53. The number of alkyl halides is 1. The van der Waals surface area contributed by atoms with E-state index in [0.717, 1.165) is 29.7 Å². The van der Waals surface area contributed by atoms with Crippen molar-refractivity contribution in [2.75, 3.05) is 33.6 Å². The van der Waals surface area contributed by atoms with Gasteiger partial charge in [0.1, 0.15) is 18.1 Å². The van der Waals surface area contributed by atoms with E-state index in [0.29, 0.717) is 0 Å². The molecule has 0 spiro atoms. The van der Waals surface area contributed by atoms with Crippen LogP contribution in [0.2, 0.25) is 0 Å². The summed E-state index contributed by atoms with van der Waals surface area (Å²) < 4.78 is 70.8. The monoisotopic (exact) mass is 738 g/mol. The largest absolute Gasteiger partial charge is 0.480 e. The van der Waals surface area contributed by atoms with Gasteiger partial charge in [0.05, 0.1) is 24.4 Å². The van der Waals surface area contributed by atoms with Gasteiger partial charge in [-0.15, -0.1) is 0 Å². The Balaban J connectivity index is 2.41. The van der Waals surface area contributed by atoms with Crippen LogP contribution in [-0.4, -0.2) is 102 Å². The van der Waals surface area contributed by atoms with E-state index in [1.165, 1.54) is 33.9 Å². The number of ether oxygens (including phenoxy) is 5. The summed E-state index contributed by atoms with van der Waals surface area (Å²) in [6.45, 7) is 12.3. The molecule has 5 atom stereocenters. The molecule has 1 saturated heterocycles. The van der Waals surface area contributed by atoms with Crippen LogP contribution in [0.15, 0.2) is 24.7 Å². The molecule has 1 amide bonds. The van der Waals surface area contributed by atoms with E-state index in [1.54, 1.807) is 6.92 Å². The van der Waals surface area contributed by atoms with Gasteiger partial charge >= 0.3 is 31.7 Å². The number of phosphoric ester groups is 1. The first-order valence-corrected chi connectivity index (χ1v) is 17.2. The Bertz CT molecular complexity index is 1320.